The molecule has 0 amide bonds. The minimum Gasteiger partial charge on any atom is -0.297 e. The monoisotopic (exact) mass is 373 g/mol. The Hall–Kier alpha value is -3.01. The van der Waals surface area contributed by atoms with E-state index < -0.39 is 23.0 Å². The van der Waals surface area contributed by atoms with Gasteiger partial charge in [-0.15, -0.1) is 0 Å². The average molecular weight is 373 g/mol. The quantitative estimate of drug-likeness (QED) is 0.739. The lowest BCUT2D eigenvalue weighted by atomic mass is 9.94. The van der Waals surface area contributed by atoms with E-state index in [0.29, 0.717) is 17.9 Å². The molecule has 0 saturated heterocycles. The highest BCUT2D eigenvalue weighted by Crippen LogP contribution is 2.37. The molecule has 0 saturated carbocycles. The Labute approximate surface area is 154 Å². The molecule has 1 heterocycles. The fourth-order valence-electron chi connectivity index (χ4n) is 3.07. The molecule has 0 bridgehead atoms. The van der Waals surface area contributed by atoms with Gasteiger partial charge in [-0.25, -0.2) is 9.52 Å². The third-order valence-corrected chi connectivity index (χ3v) is 4.60. The first-order chi connectivity index (χ1) is 12.8. The lowest BCUT2D eigenvalue weighted by Crippen LogP contribution is -2.32. The first-order valence-electron chi connectivity index (χ1n) is 8.57. The van der Waals surface area contributed by atoms with Gasteiger partial charge in [-0.1, -0.05) is 43.3 Å². The van der Waals surface area contributed by atoms with E-state index in [-0.39, 0.29) is 5.69 Å². The van der Waals surface area contributed by atoms with Crippen LogP contribution in [0.25, 0.3) is 16.1 Å². The second-order valence-corrected chi connectivity index (χ2v) is 6.63. The maximum atomic E-state index is 13.4. The van der Waals surface area contributed by atoms with Crippen molar-refractivity contribution in [2.45, 2.75) is 32.4 Å². The topological polar surface area (TPSA) is 38.4 Å². The highest BCUT2D eigenvalue weighted by Gasteiger charge is 2.36. The van der Waals surface area contributed by atoms with Crippen molar-refractivity contribution in [3.8, 4) is 11.3 Å². The van der Waals surface area contributed by atoms with Crippen LogP contribution in [-0.2, 0) is 6.18 Å². The molecule has 27 heavy (non-hydrogen) atoms. The molecule has 0 spiro atoms. The van der Waals surface area contributed by atoms with Crippen molar-refractivity contribution in [1.82, 2.24) is 4.68 Å². The second-order valence-electron chi connectivity index (χ2n) is 6.63. The Morgan fingerprint density at radius 1 is 1.26 bits per heavy atom. The van der Waals surface area contributed by atoms with Gasteiger partial charge in [-0.05, 0) is 31.2 Å². The number of hydrogen-bond donors (Lipinski definition) is 1. The Bertz CT molecular complexity index is 969. The van der Waals surface area contributed by atoms with E-state index in [1.807, 2.05) is 6.08 Å². The molecule has 1 aromatic carbocycles. The van der Waals surface area contributed by atoms with Gasteiger partial charge in [0.05, 0.1) is 17.8 Å². The molecular formula is C20H18F3N3O. The lowest BCUT2D eigenvalue weighted by molar-refractivity contribution is -0.136. The molecule has 3 rings (SSSR count). The van der Waals surface area contributed by atoms with Gasteiger partial charge in [0, 0.05) is 11.3 Å². The molecule has 0 fully saturated rings. The Morgan fingerprint density at radius 2 is 1.96 bits per heavy atom. The largest absolute Gasteiger partial charge is 0.407 e. The molecule has 140 valence electrons. The number of nitrogens with one attached hydrogen (secondary N) is 1. The van der Waals surface area contributed by atoms with Crippen LogP contribution >= 0.6 is 0 Å². The maximum Gasteiger partial charge on any atom is 0.407 e. The Balaban J connectivity index is 2.21. The van der Waals surface area contributed by atoms with Crippen LogP contribution in [-0.4, -0.2) is 4.68 Å². The zero-order valence-corrected chi connectivity index (χ0v) is 14.7. The number of hydrogen-bond acceptors (Lipinski definition) is 2. The van der Waals surface area contributed by atoms with Gasteiger partial charge in [0.25, 0.3) is 11.2 Å². The number of nitrogens with zero attached hydrogens (tertiary/aromatic N) is 2. The van der Waals surface area contributed by atoms with Crippen LogP contribution in [0.5, 0.6) is 0 Å². The van der Waals surface area contributed by atoms with Crippen molar-refractivity contribution in [3.05, 3.63) is 75.5 Å². The van der Waals surface area contributed by atoms with E-state index in [0.717, 1.165) is 29.3 Å². The summed E-state index contributed by atoms with van der Waals surface area (Å²) in [5.74, 6) is 0.521. The first-order valence-corrected chi connectivity index (χ1v) is 8.57. The molecule has 1 N–H and O–H groups in total. The lowest BCUT2D eigenvalue weighted by Gasteiger charge is -2.23. The van der Waals surface area contributed by atoms with Gasteiger partial charge in [-0.2, -0.15) is 13.2 Å². The van der Waals surface area contributed by atoms with Gasteiger partial charge in [0.1, 0.15) is 0 Å². The fourth-order valence-corrected chi connectivity index (χ4v) is 3.07. The van der Waals surface area contributed by atoms with Crippen LogP contribution in [0.4, 0.5) is 18.9 Å². The SMILES string of the molecule is [C-]#[N+]c1c(C(F)(F)F)cc(-c2ccccc2)n(NC2=CCC(C)CC2)c1=O. The first kappa shape index (κ1) is 18.8. The summed E-state index contributed by atoms with van der Waals surface area (Å²) in [4.78, 5) is 15.6. The normalized spacial score (nSPS) is 17.1. The van der Waals surface area contributed by atoms with Crippen LogP contribution in [0.1, 0.15) is 31.7 Å². The van der Waals surface area contributed by atoms with Crippen molar-refractivity contribution in [1.29, 1.82) is 0 Å². The molecule has 0 aliphatic heterocycles. The summed E-state index contributed by atoms with van der Waals surface area (Å²) >= 11 is 0. The van der Waals surface area contributed by atoms with Crippen molar-refractivity contribution in [2.75, 3.05) is 5.43 Å². The van der Waals surface area contributed by atoms with Crippen LogP contribution < -0.4 is 11.0 Å². The van der Waals surface area contributed by atoms with Gasteiger partial charge in [0.15, 0.2) is 0 Å². The summed E-state index contributed by atoms with van der Waals surface area (Å²) in [6, 6.07) is 9.22. The molecule has 1 aromatic heterocycles. The van der Waals surface area contributed by atoms with E-state index >= 15 is 0 Å². The zero-order valence-electron chi connectivity index (χ0n) is 14.7. The van der Waals surface area contributed by atoms with Crippen LogP contribution in [0, 0.1) is 12.5 Å². The second kappa shape index (κ2) is 7.31. The van der Waals surface area contributed by atoms with E-state index in [1.54, 1.807) is 30.3 Å². The third-order valence-electron chi connectivity index (χ3n) is 4.60. The Kier molecular flexibility index (Phi) is 5.08. The van der Waals surface area contributed by atoms with Crippen molar-refractivity contribution < 1.29 is 13.2 Å². The van der Waals surface area contributed by atoms with Gasteiger partial charge in [-0.3, -0.25) is 10.2 Å². The zero-order chi connectivity index (χ0) is 19.6. The summed E-state index contributed by atoms with van der Waals surface area (Å²) < 4.78 is 41.3. The molecule has 7 heteroatoms. The average Bonchev–Trinajstić information content (AvgIpc) is 2.64. The molecule has 1 unspecified atom stereocenters. The van der Waals surface area contributed by atoms with Crippen LogP contribution in [0.3, 0.4) is 0 Å². The van der Waals surface area contributed by atoms with Gasteiger partial charge >= 0.3 is 6.18 Å². The van der Waals surface area contributed by atoms with Gasteiger partial charge in [0.2, 0.25) is 0 Å². The molecule has 0 radical (unpaired) electrons. The van der Waals surface area contributed by atoms with Gasteiger partial charge < -0.3 is 0 Å². The predicted molar refractivity (Wildman–Crippen MR) is 97.9 cm³/mol. The number of rotatable bonds is 3. The minimum atomic E-state index is -4.79. The van der Waals surface area contributed by atoms with Crippen LogP contribution in [0.2, 0.25) is 0 Å². The highest BCUT2D eigenvalue weighted by atomic mass is 19.4. The van der Waals surface area contributed by atoms with Crippen molar-refractivity contribution in [2.24, 2.45) is 5.92 Å². The maximum absolute atomic E-state index is 13.4. The molecule has 2 aromatic rings. The molecule has 1 aliphatic carbocycles. The summed E-state index contributed by atoms with van der Waals surface area (Å²) in [5, 5.41) is 0. The summed E-state index contributed by atoms with van der Waals surface area (Å²) in [5.41, 5.74) is 1.08. The fraction of sp³-hybridized carbons (Fsp3) is 0.300. The molecule has 4 nitrogen and oxygen atoms in total. The summed E-state index contributed by atoms with van der Waals surface area (Å²) in [6.07, 6.45) is -0.402. The molecule has 1 atom stereocenters. The number of halogens is 3. The van der Waals surface area contributed by atoms with E-state index in [9.17, 15) is 18.0 Å². The Morgan fingerprint density at radius 3 is 2.52 bits per heavy atom. The predicted octanol–water partition coefficient (Wildman–Crippen LogP) is 5.33. The van der Waals surface area contributed by atoms with E-state index in [4.69, 9.17) is 6.57 Å². The molecule has 1 aliphatic rings. The van der Waals surface area contributed by atoms with Crippen molar-refractivity contribution >= 4 is 5.69 Å². The number of pyridine rings is 1. The van der Waals surface area contributed by atoms with Crippen LogP contribution in [0.15, 0.2) is 53.0 Å². The van der Waals surface area contributed by atoms with E-state index in [2.05, 4.69) is 17.2 Å². The highest BCUT2D eigenvalue weighted by molar-refractivity contribution is 5.66. The number of aromatic nitrogens is 1. The molecular weight excluding hydrogens is 355 g/mol. The number of alkyl halides is 3. The third kappa shape index (κ3) is 3.90. The standard InChI is InChI=1S/C20H18F3N3O/c1-13-8-10-15(11-9-13)25-26-17(14-6-4-3-5-7-14)12-16(20(21,22)23)18(24-2)19(26)27/h3-7,10,12-13,25H,8-9,11H2,1H3. The minimum absolute atomic E-state index is 0.0693. The smallest absolute Gasteiger partial charge is 0.297 e. The number of allylic oxidation sites excluding steroid dienone is 2. The van der Waals surface area contributed by atoms with Crippen molar-refractivity contribution in [3.63, 3.8) is 0 Å². The van der Waals surface area contributed by atoms with E-state index in [1.165, 1.54) is 0 Å². The number of benzene rings is 1. The summed E-state index contributed by atoms with van der Waals surface area (Å²) in [7, 11) is 0. The summed E-state index contributed by atoms with van der Waals surface area (Å²) in [6.45, 7) is 9.21.